The van der Waals surface area contributed by atoms with Crippen molar-refractivity contribution in [3.05, 3.63) is 34.9 Å². The number of rotatable bonds is 4. The summed E-state index contributed by atoms with van der Waals surface area (Å²) in [4.78, 5) is 12.1. The van der Waals surface area contributed by atoms with E-state index in [-0.39, 0.29) is 0 Å². The van der Waals surface area contributed by atoms with Crippen LogP contribution in [0.5, 0.6) is 0 Å². The molecule has 0 bridgehead atoms. The van der Waals surface area contributed by atoms with Gasteiger partial charge in [0.05, 0.1) is 5.54 Å². The second kappa shape index (κ2) is 6.11. The molecule has 0 aliphatic carbocycles. The van der Waals surface area contributed by atoms with Crippen LogP contribution in [0.1, 0.15) is 37.6 Å². The lowest BCUT2D eigenvalue weighted by molar-refractivity contribution is 0.0400. The highest BCUT2D eigenvalue weighted by Gasteiger charge is 2.31. The number of hydrogen-bond acceptors (Lipinski definition) is 2. The predicted octanol–water partition coefficient (Wildman–Crippen LogP) is 4.50. The van der Waals surface area contributed by atoms with Gasteiger partial charge in [0.15, 0.2) is 0 Å². The Bertz CT molecular complexity index is 420. The molecule has 1 amide bonds. The highest BCUT2D eigenvalue weighted by Crippen LogP contribution is 2.26. The van der Waals surface area contributed by atoms with Crippen LogP contribution in [0.4, 0.5) is 0 Å². The molecule has 0 aliphatic rings. The van der Waals surface area contributed by atoms with Crippen LogP contribution in [-0.2, 0) is 0 Å². The Balaban J connectivity index is 2.87. The van der Waals surface area contributed by atoms with Gasteiger partial charge in [-0.2, -0.15) is 4.53 Å². The third-order valence-electron chi connectivity index (χ3n) is 2.78. The Morgan fingerprint density at radius 3 is 2.17 bits per heavy atom. The molecule has 0 heterocycles. The Morgan fingerprint density at radius 1 is 1.22 bits per heavy atom. The summed E-state index contributed by atoms with van der Waals surface area (Å²) in [5.74, 6) is -0.398. The molecule has 0 aromatic heterocycles. The van der Waals surface area contributed by atoms with E-state index in [9.17, 15) is 4.79 Å². The predicted molar refractivity (Wildman–Crippen MR) is 75.5 cm³/mol. The van der Waals surface area contributed by atoms with Crippen molar-refractivity contribution in [2.24, 2.45) is 0 Å². The number of hydrazine groups is 1. The fourth-order valence-corrected chi connectivity index (χ4v) is 1.76. The fraction of sp³-hybridized carbons (Fsp3) is 0.417. The largest absolute Gasteiger partial charge is 0.284 e. The highest BCUT2D eigenvalue weighted by molar-refractivity contribution is 6.31. The van der Waals surface area contributed by atoms with Crippen molar-refractivity contribution >= 4 is 41.1 Å². The molecule has 1 rings (SSSR count). The normalized spacial score (nSPS) is 11.7. The van der Waals surface area contributed by atoms with E-state index in [0.29, 0.717) is 10.6 Å². The summed E-state index contributed by atoms with van der Waals surface area (Å²) in [7, 11) is 0. The second-order valence-electron chi connectivity index (χ2n) is 4.50. The van der Waals surface area contributed by atoms with Crippen molar-refractivity contribution < 1.29 is 4.79 Å². The van der Waals surface area contributed by atoms with Gasteiger partial charge in [-0.05, 0) is 44.5 Å². The molecule has 100 valence electrons. The van der Waals surface area contributed by atoms with E-state index in [1.807, 2.05) is 20.8 Å². The number of amides is 1. The fourth-order valence-electron chi connectivity index (χ4n) is 1.15. The van der Waals surface area contributed by atoms with Gasteiger partial charge in [0.2, 0.25) is 0 Å². The van der Waals surface area contributed by atoms with E-state index in [2.05, 4.69) is 0 Å². The Kier molecular flexibility index (Phi) is 5.29. The second-order valence-corrected chi connectivity index (χ2v) is 5.58. The molecular formula is C12H15Cl3N2O. The lowest BCUT2D eigenvalue weighted by atomic mass is 10.0. The van der Waals surface area contributed by atoms with Crippen LogP contribution in [0.25, 0.3) is 0 Å². The summed E-state index contributed by atoms with van der Waals surface area (Å²) in [5.41, 5.74) is -0.00210. The smallest absolute Gasteiger partial charge is 0.266 e. The minimum atomic E-state index is -0.425. The molecular weight excluding hydrogens is 295 g/mol. The molecule has 6 heteroatoms. The maximum Gasteiger partial charge on any atom is 0.284 e. The van der Waals surface area contributed by atoms with Crippen LogP contribution in [-0.4, -0.2) is 20.5 Å². The first-order valence-corrected chi connectivity index (χ1v) is 6.56. The number of halogens is 3. The maximum atomic E-state index is 12.1. The molecule has 0 saturated heterocycles. The lowest BCUT2D eigenvalue weighted by Crippen LogP contribution is -2.46. The standard InChI is InChI=1S/C12H15Cl3N2O/c1-4-12(2,3)17(15)16(14)11(18)9-5-7-10(13)8-6-9/h5-8H,4H2,1-3H3. The molecule has 1 aromatic rings. The van der Waals surface area contributed by atoms with Crippen molar-refractivity contribution in [2.75, 3.05) is 0 Å². The summed E-state index contributed by atoms with van der Waals surface area (Å²) >= 11 is 17.8. The maximum absolute atomic E-state index is 12.1. The first-order valence-electron chi connectivity index (χ1n) is 5.51. The lowest BCUT2D eigenvalue weighted by Gasteiger charge is -2.35. The number of nitrogens with zero attached hydrogens (tertiary/aromatic N) is 2. The number of benzene rings is 1. The molecule has 1 aromatic carbocycles. The summed E-state index contributed by atoms with van der Waals surface area (Å²) in [6, 6.07) is 6.46. The molecule has 0 fully saturated rings. The summed E-state index contributed by atoms with van der Waals surface area (Å²) in [6.45, 7) is 5.75. The molecule has 0 aliphatic heterocycles. The van der Waals surface area contributed by atoms with Crippen LogP contribution in [0.3, 0.4) is 0 Å². The molecule has 3 nitrogen and oxygen atoms in total. The van der Waals surface area contributed by atoms with Crippen molar-refractivity contribution in [3.63, 3.8) is 0 Å². The molecule has 0 radical (unpaired) electrons. The van der Waals surface area contributed by atoms with Crippen molar-refractivity contribution in [1.82, 2.24) is 9.06 Å². The van der Waals surface area contributed by atoms with Gasteiger partial charge in [-0.1, -0.05) is 18.5 Å². The molecule has 0 spiro atoms. The monoisotopic (exact) mass is 308 g/mol. The topological polar surface area (TPSA) is 23.6 Å². The van der Waals surface area contributed by atoms with E-state index < -0.39 is 11.4 Å². The zero-order valence-electron chi connectivity index (χ0n) is 10.5. The van der Waals surface area contributed by atoms with Gasteiger partial charge < -0.3 is 0 Å². The molecule has 0 saturated carbocycles. The van der Waals surface area contributed by atoms with Crippen LogP contribution in [0.15, 0.2) is 24.3 Å². The minimum Gasteiger partial charge on any atom is -0.266 e. The SMILES string of the molecule is CCC(C)(C)N(Cl)N(Cl)C(=O)c1ccc(Cl)cc1. The van der Waals surface area contributed by atoms with Crippen molar-refractivity contribution in [1.29, 1.82) is 0 Å². The van der Waals surface area contributed by atoms with Gasteiger partial charge in [-0.15, -0.1) is 4.53 Å². The van der Waals surface area contributed by atoms with E-state index in [4.69, 9.17) is 35.2 Å². The van der Waals surface area contributed by atoms with Crippen LogP contribution in [0, 0.1) is 0 Å². The van der Waals surface area contributed by atoms with Crippen molar-refractivity contribution in [2.45, 2.75) is 32.7 Å². The first kappa shape index (κ1) is 15.6. The van der Waals surface area contributed by atoms with Crippen molar-refractivity contribution in [3.8, 4) is 0 Å². The number of carbonyl (C=O) groups excluding carboxylic acids is 1. The van der Waals surface area contributed by atoms with Gasteiger partial charge in [0, 0.05) is 34.1 Å². The van der Waals surface area contributed by atoms with Gasteiger partial charge >= 0.3 is 0 Å². The van der Waals surface area contributed by atoms with E-state index in [0.717, 1.165) is 10.9 Å². The average molecular weight is 310 g/mol. The van der Waals surface area contributed by atoms with Gasteiger partial charge in [0.1, 0.15) is 0 Å². The molecule has 0 atom stereocenters. The Hall–Kier alpha value is -0.480. The molecule has 18 heavy (non-hydrogen) atoms. The zero-order valence-corrected chi connectivity index (χ0v) is 12.7. The first-order chi connectivity index (χ1) is 8.29. The van der Waals surface area contributed by atoms with E-state index >= 15 is 0 Å². The molecule has 0 unspecified atom stereocenters. The minimum absolute atomic E-state index is 0.398. The van der Waals surface area contributed by atoms with E-state index in [1.54, 1.807) is 24.3 Å². The van der Waals surface area contributed by atoms with Crippen LogP contribution in [0.2, 0.25) is 5.02 Å². The summed E-state index contributed by atoms with van der Waals surface area (Å²) in [5, 5.41) is 0.560. The highest BCUT2D eigenvalue weighted by atomic mass is 35.5. The third-order valence-corrected chi connectivity index (χ3v) is 4.02. The average Bonchev–Trinajstić information content (AvgIpc) is 2.37. The molecule has 0 N–H and O–H groups in total. The Morgan fingerprint density at radius 2 is 1.72 bits per heavy atom. The van der Waals surface area contributed by atoms with E-state index in [1.165, 1.54) is 4.53 Å². The Labute approximate surface area is 122 Å². The van der Waals surface area contributed by atoms with Gasteiger partial charge in [-0.25, -0.2) is 0 Å². The third kappa shape index (κ3) is 3.51. The zero-order chi connectivity index (χ0) is 13.9. The summed E-state index contributed by atoms with van der Waals surface area (Å²) in [6.07, 6.45) is 0.744. The van der Waals surface area contributed by atoms with Crippen LogP contribution < -0.4 is 0 Å². The van der Waals surface area contributed by atoms with Gasteiger partial charge in [0.25, 0.3) is 5.91 Å². The van der Waals surface area contributed by atoms with Crippen LogP contribution >= 0.6 is 35.2 Å². The quantitative estimate of drug-likeness (QED) is 0.604. The number of carbonyl (C=O) groups is 1. The number of hydrogen-bond donors (Lipinski definition) is 0. The van der Waals surface area contributed by atoms with Gasteiger partial charge in [-0.3, -0.25) is 4.79 Å². The summed E-state index contributed by atoms with van der Waals surface area (Å²) < 4.78 is 2.08.